The second kappa shape index (κ2) is 8.12. The highest BCUT2D eigenvalue weighted by atomic mass is 32.1. The minimum absolute atomic E-state index is 0.0334. The monoisotopic (exact) mass is 349 g/mol. The van der Waals surface area contributed by atoms with E-state index in [9.17, 15) is 9.59 Å². The van der Waals surface area contributed by atoms with Gasteiger partial charge in [-0.05, 0) is 30.9 Å². The van der Waals surface area contributed by atoms with E-state index in [4.69, 9.17) is 0 Å². The van der Waals surface area contributed by atoms with Gasteiger partial charge >= 0.3 is 0 Å². The van der Waals surface area contributed by atoms with Gasteiger partial charge in [0.15, 0.2) is 0 Å². The van der Waals surface area contributed by atoms with Crippen LogP contribution in [0.2, 0.25) is 0 Å². The van der Waals surface area contributed by atoms with Crippen LogP contribution in [0, 0.1) is 0 Å². The molecule has 2 fully saturated rings. The van der Waals surface area contributed by atoms with Crippen molar-refractivity contribution < 1.29 is 9.59 Å². The van der Waals surface area contributed by atoms with E-state index in [0.29, 0.717) is 6.54 Å². The average molecular weight is 350 g/mol. The number of carbonyl (C=O) groups is 2. The first-order valence-corrected chi connectivity index (χ1v) is 9.80. The van der Waals surface area contributed by atoms with Crippen LogP contribution in [0.5, 0.6) is 0 Å². The van der Waals surface area contributed by atoms with Crippen molar-refractivity contribution in [3.63, 3.8) is 0 Å². The molecule has 1 saturated carbocycles. The van der Waals surface area contributed by atoms with Gasteiger partial charge in [-0.15, -0.1) is 11.3 Å². The van der Waals surface area contributed by atoms with Crippen molar-refractivity contribution in [2.24, 2.45) is 0 Å². The van der Waals surface area contributed by atoms with Crippen LogP contribution in [-0.4, -0.2) is 42.9 Å². The summed E-state index contributed by atoms with van der Waals surface area (Å²) in [6.07, 6.45) is 6.91. The zero-order valence-electron chi connectivity index (χ0n) is 14.3. The molecule has 24 heavy (non-hydrogen) atoms. The molecule has 2 N–H and O–H groups in total. The van der Waals surface area contributed by atoms with Gasteiger partial charge < -0.3 is 10.6 Å². The summed E-state index contributed by atoms with van der Waals surface area (Å²) in [6, 6.07) is 4.12. The maximum absolute atomic E-state index is 12.2. The molecule has 6 heteroatoms. The molecule has 2 heterocycles. The summed E-state index contributed by atoms with van der Waals surface area (Å²) in [5.41, 5.74) is 0. The summed E-state index contributed by atoms with van der Waals surface area (Å²) in [5.74, 6) is 0.605. The smallest absolute Gasteiger partial charge is 0.237 e. The molecule has 1 atom stereocenters. The second-order valence-corrected chi connectivity index (χ2v) is 7.99. The zero-order chi connectivity index (χ0) is 16.9. The Kier molecular flexibility index (Phi) is 5.89. The highest BCUT2D eigenvalue weighted by Gasteiger charge is 2.31. The molecule has 0 aromatic carbocycles. The topological polar surface area (TPSA) is 61.4 Å². The van der Waals surface area contributed by atoms with Crippen LogP contribution < -0.4 is 10.6 Å². The molecule has 2 amide bonds. The summed E-state index contributed by atoms with van der Waals surface area (Å²) >= 11 is 1.89. The fourth-order valence-corrected chi connectivity index (χ4v) is 4.94. The molecule has 3 rings (SSSR count). The molecule has 1 aliphatic carbocycles. The summed E-state index contributed by atoms with van der Waals surface area (Å²) < 4.78 is 0. The van der Waals surface area contributed by atoms with Crippen molar-refractivity contribution in [1.29, 1.82) is 0 Å². The molecule has 1 aromatic rings. The minimum Gasteiger partial charge on any atom is -0.359 e. The predicted molar refractivity (Wildman–Crippen MR) is 96.0 cm³/mol. The van der Waals surface area contributed by atoms with E-state index in [1.165, 1.54) is 41.9 Å². The van der Waals surface area contributed by atoms with Crippen LogP contribution in [0.4, 0.5) is 0 Å². The number of nitrogens with zero attached hydrogens (tertiary/aromatic N) is 1. The van der Waals surface area contributed by atoms with Crippen LogP contribution in [-0.2, 0) is 16.1 Å². The van der Waals surface area contributed by atoms with E-state index in [1.54, 1.807) is 7.05 Å². The van der Waals surface area contributed by atoms with Crippen molar-refractivity contribution in [3.8, 4) is 0 Å². The number of nitrogens with one attached hydrogen (secondary N) is 2. The van der Waals surface area contributed by atoms with Crippen LogP contribution in [0.15, 0.2) is 12.1 Å². The van der Waals surface area contributed by atoms with E-state index in [-0.39, 0.29) is 24.3 Å². The Hall–Kier alpha value is -1.40. The van der Waals surface area contributed by atoms with Gasteiger partial charge in [-0.3, -0.25) is 14.5 Å². The highest BCUT2D eigenvalue weighted by Crippen LogP contribution is 2.36. The lowest BCUT2D eigenvalue weighted by molar-refractivity contribution is -0.134. The van der Waals surface area contributed by atoms with Crippen molar-refractivity contribution in [1.82, 2.24) is 15.5 Å². The van der Waals surface area contributed by atoms with Gasteiger partial charge in [-0.2, -0.15) is 0 Å². The Balaban J connectivity index is 1.65. The van der Waals surface area contributed by atoms with E-state index in [0.717, 1.165) is 19.0 Å². The third kappa shape index (κ3) is 4.16. The van der Waals surface area contributed by atoms with E-state index in [1.807, 2.05) is 11.3 Å². The summed E-state index contributed by atoms with van der Waals surface area (Å²) in [6.45, 7) is 2.21. The second-order valence-electron chi connectivity index (χ2n) is 6.79. The molecule has 0 bridgehead atoms. The van der Waals surface area contributed by atoms with Gasteiger partial charge in [-0.1, -0.05) is 19.3 Å². The van der Waals surface area contributed by atoms with Gasteiger partial charge in [-0.25, -0.2) is 0 Å². The predicted octanol–water partition coefficient (Wildman–Crippen LogP) is 2.23. The van der Waals surface area contributed by atoms with Crippen molar-refractivity contribution in [2.45, 2.75) is 57.0 Å². The highest BCUT2D eigenvalue weighted by molar-refractivity contribution is 7.12. The van der Waals surface area contributed by atoms with Crippen LogP contribution in [0.1, 0.15) is 54.2 Å². The molecule has 132 valence electrons. The van der Waals surface area contributed by atoms with Gasteiger partial charge in [0.2, 0.25) is 11.8 Å². The van der Waals surface area contributed by atoms with Gasteiger partial charge in [0.1, 0.15) is 0 Å². The van der Waals surface area contributed by atoms with Gasteiger partial charge in [0, 0.05) is 36.4 Å². The SMILES string of the molecule is CNC(=O)CC1C(=O)NCCN1Cc1ccc(C2CCCCC2)s1. The van der Waals surface area contributed by atoms with Crippen LogP contribution in [0.3, 0.4) is 0 Å². The third-order valence-electron chi connectivity index (χ3n) is 5.15. The first kappa shape index (κ1) is 17.4. The molecule has 0 radical (unpaired) electrons. The number of carbonyl (C=O) groups excluding carboxylic acids is 2. The van der Waals surface area contributed by atoms with E-state index < -0.39 is 0 Å². The summed E-state index contributed by atoms with van der Waals surface area (Å²) in [4.78, 5) is 28.8. The molecule has 2 aliphatic rings. The largest absolute Gasteiger partial charge is 0.359 e. The molecule has 1 unspecified atom stereocenters. The number of rotatable bonds is 5. The lowest BCUT2D eigenvalue weighted by Gasteiger charge is -2.34. The van der Waals surface area contributed by atoms with Crippen molar-refractivity contribution >= 4 is 23.2 Å². The number of piperazine rings is 1. The molecule has 0 spiro atoms. The Labute approximate surface area is 147 Å². The Bertz CT molecular complexity index is 581. The number of thiophene rings is 1. The first-order chi connectivity index (χ1) is 11.7. The standard InChI is InChI=1S/C18H27N3O2S/c1-19-17(22)11-15-18(23)20-9-10-21(15)12-14-7-8-16(24-14)13-5-3-2-4-6-13/h7-8,13,15H,2-6,9-12H2,1H3,(H,19,22)(H,20,23). The Morgan fingerprint density at radius 3 is 2.88 bits per heavy atom. The van der Waals surface area contributed by atoms with Crippen molar-refractivity contribution in [2.75, 3.05) is 20.1 Å². The Morgan fingerprint density at radius 2 is 2.12 bits per heavy atom. The summed E-state index contributed by atoms with van der Waals surface area (Å²) in [7, 11) is 1.61. The normalized spacial score (nSPS) is 23.0. The number of hydrogen-bond acceptors (Lipinski definition) is 4. The zero-order valence-corrected chi connectivity index (χ0v) is 15.2. The van der Waals surface area contributed by atoms with Crippen molar-refractivity contribution in [3.05, 3.63) is 21.9 Å². The van der Waals surface area contributed by atoms with E-state index in [2.05, 4.69) is 27.7 Å². The molecule has 1 saturated heterocycles. The lowest BCUT2D eigenvalue weighted by Crippen LogP contribution is -2.55. The number of amides is 2. The van der Waals surface area contributed by atoms with Gasteiger partial charge in [0.05, 0.1) is 12.5 Å². The first-order valence-electron chi connectivity index (χ1n) is 8.98. The average Bonchev–Trinajstić information content (AvgIpc) is 3.07. The molecular weight excluding hydrogens is 322 g/mol. The fourth-order valence-electron chi connectivity index (χ4n) is 3.74. The molecule has 1 aliphatic heterocycles. The van der Waals surface area contributed by atoms with Gasteiger partial charge in [0.25, 0.3) is 0 Å². The quantitative estimate of drug-likeness (QED) is 0.857. The fraction of sp³-hybridized carbons (Fsp3) is 0.667. The minimum atomic E-state index is -0.362. The third-order valence-corrected chi connectivity index (χ3v) is 6.38. The molecule has 1 aromatic heterocycles. The molecular formula is C18H27N3O2S. The van der Waals surface area contributed by atoms with Crippen LogP contribution >= 0.6 is 11.3 Å². The molecule has 5 nitrogen and oxygen atoms in total. The maximum Gasteiger partial charge on any atom is 0.237 e. The maximum atomic E-state index is 12.2. The lowest BCUT2D eigenvalue weighted by atomic mass is 9.88. The summed E-state index contributed by atoms with van der Waals surface area (Å²) in [5, 5.41) is 5.50. The van der Waals surface area contributed by atoms with E-state index >= 15 is 0 Å². The van der Waals surface area contributed by atoms with Crippen LogP contribution in [0.25, 0.3) is 0 Å². The Morgan fingerprint density at radius 1 is 1.33 bits per heavy atom. The number of hydrogen-bond donors (Lipinski definition) is 2.